The molecular weight excluding hydrogens is 190 g/mol. The third-order valence-electron chi connectivity index (χ3n) is 2.34. The Kier molecular flexibility index (Phi) is 5.20. The van der Waals surface area contributed by atoms with Crippen LogP contribution in [0.3, 0.4) is 0 Å². The molecule has 0 saturated carbocycles. The highest BCUT2D eigenvalue weighted by Gasteiger charge is 2.07. The van der Waals surface area contributed by atoms with Gasteiger partial charge in [-0.3, -0.25) is 0 Å². The second kappa shape index (κ2) is 6.20. The molecule has 0 aliphatic carbocycles. The van der Waals surface area contributed by atoms with E-state index in [2.05, 4.69) is 43.6 Å². The van der Waals surface area contributed by atoms with Crippen molar-refractivity contribution < 1.29 is 0 Å². The molecule has 0 radical (unpaired) electrons. The molecule has 80 valence electrons. The molecule has 1 unspecified atom stereocenters. The lowest BCUT2D eigenvalue weighted by Gasteiger charge is -2.17. The predicted molar refractivity (Wildman–Crippen MR) is 64.9 cm³/mol. The summed E-state index contributed by atoms with van der Waals surface area (Å²) in [7, 11) is 0. The molecule has 0 spiro atoms. The van der Waals surface area contributed by atoms with Crippen molar-refractivity contribution in [1.29, 1.82) is 0 Å². The Morgan fingerprint density at radius 3 is 2.71 bits per heavy atom. The average molecular weight is 211 g/mol. The SMILES string of the molecule is CCC(Cc1cccs1)NCC(C)C. The van der Waals surface area contributed by atoms with E-state index < -0.39 is 0 Å². The zero-order chi connectivity index (χ0) is 10.4. The molecular formula is C12H21NS. The lowest BCUT2D eigenvalue weighted by atomic mass is 10.1. The van der Waals surface area contributed by atoms with Gasteiger partial charge in [0.15, 0.2) is 0 Å². The molecule has 1 atom stereocenters. The minimum Gasteiger partial charge on any atom is -0.313 e. The molecule has 1 N–H and O–H groups in total. The molecule has 1 aromatic rings. The summed E-state index contributed by atoms with van der Waals surface area (Å²) >= 11 is 1.86. The fourth-order valence-corrected chi connectivity index (χ4v) is 2.22. The third-order valence-corrected chi connectivity index (χ3v) is 3.23. The van der Waals surface area contributed by atoms with Crippen molar-refractivity contribution in [1.82, 2.24) is 5.32 Å². The summed E-state index contributed by atoms with van der Waals surface area (Å²) in [6.45, 7) is 7.89. The quantitative estimate of drug-likeness (QED) is 0.761. The maximum Gasteiger partial charge on any atom is 0.0113 e. The molecule has 0 saturated heterocycles. The van der Waals surface area contributed by atoms with Gasteiger partial charge in [-0.05, 0) is 36.8 Å². The summed E-state index contributed by atoms with van der Waals surface area (Å²) in [6.07, 6.45) is 2.39. The molecule has 1 rings (SSSR count). The van der Waals surface area contributed by atoms with E-state index in [4.69, 9.17) is 0 Å². The zero-order valence-corrected chi connectivity index (χ0v) is 10.2. The molecule has 1 nitrogen and oxygen atoms in total. The molecule has 14 heavy (non-hydrogen) atoms. The number of thiophene rings is 1. The number of rotatable bonds is 6. The van der Waals surface area contributed by atoms with Crippen LogP contribution in [0, 0.1) is 5.92 Å². The average Bonchev–Trinajstić information content (AvgIpc) is 2.64. The molecule has 0 bridgehead atoms. The van der Waals surface area contributed by atoms with Gasteiger partial charge in [-0.1, -0.05) is 26.8 Å². The van der Waals surface area contributed by atoms with Gasteiger partial charge in [0.25, 0.3) is 0 Å². The van der Waals surface area contributed by atoms with Crippen LogP contribution in [-0.2, 0) is 6.42 Å². The Labute approximate surface area is 91.5 Å². The van der Waals surface area contributed by atoms with Crippen molar-refractivity contribution in [3.8, 4) is 0 Å². The van der Waals surface area contributed by atoms with Crippen molar-refractivity contribution in [2.45, 2.75) is 39.7 Å². The van der Waals surface area contributed by atoms with E-state index in [-0.39, 0.29) is 0 Å². The first-order valence-electron chi connectivity index (χ1n) is 5.48. The van der Waals surface area contributed by atoms with E-state index in [0.717, 1.165) is 12.5 Å². The summed E-state index contributed by atoms with van der Waals surface area (Å²) in [5.74, 6) is 0.743. The molecule has 1 heterocycles. The van der Waals surface area contributed by atoms with Gasteiger partial charge >= 0.3 is 0 Å². The molecule has 1 aromatic heterocycles. The Morgan fingerprint density at radius 2 is 2.21 bits per heavy atom. The van der Waals surface area contributed by atoms with Crippen LogP contribution in [-0.4, -0.2) is 12.6 Å². The largest absolute Gasteiger partial charge is 0.313 e. The van der Waals surface area contributed by atoms with E-state index in [9.17, 15) is 0 Å². The monoisotopic (exact) mass is 211 g/mol. The Hall–Kier alpha value is -0.340. The first-order chi connectivity index (χ1) is 6.72. The van der Waals surface area contributed by atoms with E-state index in [0.29, 0.717) is 6.04 Å². The summed E-state index contributed by atoms with van der Waals surface area (Å²) in [5.41, 5.74) is 0. The molecule has 0 aromatic carbocycles. The minimum atomic E-state index is 0.649. The van der Waals surface area contributed by atoms with Crippen LogP contribution in [0.4, 0.5) is 0 Å². The minimum absolute atomic E-state index is 0.649. The van der Waals surface area contributed by atoms with Crippen LogP contribution in [0.1, 0.15) is 32.1 Å². The van der Waals surface area contributed by atoms with Crippen LogP contribution in [0.25, 0.3) is 0 Å². The Morgan fingerprint density at radius 1 is 1.43 bits per heavy atom. The second-order valence-electron chi connectivity index (χ2n) is 4.19. The predicted octanol–water partition coefficient (Wildman–Crippen LogP) is 3.31. The topological polar surface area (TPSA) is 12.0 Å². The van der Waals surface area contributed by atoms with Gasteiger partial charge in [-0.2, -0.15) is 0 Å². The van der Waals surface area contributed by atoms with Crippen molar-refractivity contribution in [2.75, 3.05) is 6.54 Å². The molecule has 0 aliphatic heterocycles. The van der Waals surface area contributed by atoms with Crippen molar-refractivity contribution in [3.05, 3.63) is 22.4 Å². The standard InChI is InChI=1S/C12H21NS/c1-4-11(13-9-10(2)3)8-12-6-5-7-14-12/h5-7,10-11,13H,4,8-9H2,1-3H3. The Balaban J connectivity index is 2.32. The molecule has 0 amide bonds. The van der Waals surface area contributed by atoms with Gasteiger partial charge in [0.05, 0.1) is 0 Å². The van der Waals surface area contributed by atoms with E-state index in [1.807, 2.05) is 11.3 Å². The van der Waals surface area contributed by atoms with Crippen LogP contribution in [0.5, 0.6) is 0 Å². The van der Waals surface area contributed by atoms with E-state index in [1.165, 1.54) is 17.7 Å². The van der Waals surface area contributed by atoms with Gasteiger partial charge in [0.1, 0.15) is 0 Å². The number of hydrogen-bond donors (Lipinski definition) is 1. The summed E-state index contributed by atoms with van der Waals surface area (Å²) in [4.78, 5) is 1.49. The highest BCUT2D eigenvalue weighted by Crippen LogP contribution is 2.12. The van der Waals surface area contributed by atoms with Crippen molar-refractivity contribution >= 4 is 11.3 Å². The van der Waals surface area contributed by atoms with Crippen molar-refractivity contribution in [3.63, 3.8) is 0 Å². The third kappa shape index (κ3) is 4.25. The molecule has 0 aliphatic rings. The molecule has 0 fully saturated rings. The normalized spacial score (nSPS) is 13.4. The lowest BCUT2D eigenvalue weighted by Crippen LogP contribution is -2.33. The maximum atomic E-state index is 3.61. The highest BCUT2D eigenvalue weighted by molar-refractivity contribution is 7.09. The van der Waals surface area contributed by atoms with Crippen LogP contribution in [0.15, 0.2) is 17.5 Å². The van der Waals surface area contributed by atoms with Crippen LogP contribution in [0.2, 0.25) is 0 Å². The summed E-state index contributed by atoms with van der Waals surface area (Å²) in [5, 5.41) is 5.77. The van der Waals surface area contributed by atoms with Crippen LogP contribution < -0.4 is 5.32 Å². The van der Waals surface area contributed by atoms with Gasteiger partial charge in [-0.25, -0.2) is 0 Å². The van der Waals surface area contributed by atoms with E-state index in [1.54, 1.807) is 0 Å². The van der Waals surface area contributed by atoms with Crippen molar-refractivity contribution in [2.24, 2.45) is 5.92 Å². The smallest absolute Gasteiger partial charge is 0.0113 e. The summed E-state index contributed by atoms with van der Waals surface area (Å²) in [6, 6.07) is 5.01. The summed E-state index contributed by atoms with van der Waals surface area (Å²) < 4.78 is 0. The van der Waals surface area contributed by atoms with Gasteiger partial charge in [0.2, 0.25) is 0 Å². The first-order valence-corrected chi connectivity index (χ1v) is 6.36. The number of nitrogens with one attached hydrogen (secondary N) is 1. The fourth-order valence-electron chi connectivity index (χ4n) is 1.43. The van der Waals surface area contributed by atoms with Gasteiger partial charge < -0.3 is 5.32 Å². The highest BCUT2D eigenvalue weighted by atomic mass is 32.1. The molecule has 2 heteroatoms. The lowest BCUT2D eigenvalue weighted by molar-refractivity contribution is 0.451. The number of hydrogen-bond acceptors (Lipinski definition) is 2. The van der Waals surface area contributed by atoms with Gasteiger partial charge in [-0.15, -0.1) is 11.3 Å². The second-order valence-corrected chi connectivity index (χ2v) is 5.22. The van der Waals surface area contributed by atoms with Gasteiger partial charge in [0, 0.05) is 10.9 Å². The maximum absolute atomic E-state index is 3.61. The van der Waals surface area contributed by atoms with Crippen LogP contribution >= 0.6 is 11.3 Å². The Bertz CT molecular complexity index is 228. The van der Waals surface area contributed by atoms with E-state index >= 15 is 0 Å². The first kappa shape index (κ1) is 11.7. The zero-order valence-electron chi connectivity index (χ0n) is 9.42. The fraction of sp³-hybridized carbons (Fsp3) is 0.667.